The fourth-order valence-electron chi connectivity index (χ4n) is 5.52. The number of hydrogen-bond acceptors (Lipinski definition) is 14. The monoisotopic (exact) mass is 1280 g/mol. The molecule has 375 valence electrons. The van der Waals surface area contributed by atoms with E-state index in [2.05, 4.69) is 83.7 Å². The third kappa shape index (κ3) is 32.7. The number of aromatic hydroxyl groups is 1. The number of rotatable bonds is 20. The Balaban J connectivity index is 0. The number of sulfone groups is 2. The molecule has 0 amide bonds. The van der Waals surface area contributed by atoms with Crippen molar-refractivity contribution < 1.29 is 45.5 Å². The maximum atomic E-state index is 11.1. The Morgan fingerprint density at radius 2 is 0.986 bits per heavy atom. The summed E-state index contributed by atoms with van der Waals surface area (Å²) in [6.07, 6.45) is 14.5. The van der Waals surface area contributed by atoms with Gasteiger partial charge in [0.1, 0.15) is 42.7 Å². The standard InChI is InChI=1S/C15H24BNO5S.C9H12BrNO3S.C8H9Br2NO.C5H4BrNO.2CH4.B13/c1-14(2)15(3,4)22-16(21-14)12-9-13(11-17-10-12)20-7-6-8-23(5,18)19;1-15(12,13)4-2-3-14-9-5-8(10)6-11-7-9;9-2-1-3-12-8-4-7(10)5-11-6-8;6-4-1-5(8)3-7-2-4;;;1-8-12(9(2)3)13(10(4)5)11(6)7/h9-11H,6-8H2,1-5H3;5-7H,2-4H2,1H3;4-6H,1-3H2;1-3,8H;2*1H4;. The van der Waals surface area contributed by atoms with Crippen molar-refractivity contribution in [3.63, 3.8) is 0 Å². The lowest BCUT2D eigenvalue weighted by atomic mass is 8.50. The summed E-state index contributed by atoms with van der Waals surface area (Å²) in [7, 11) is 33.2. The average Bonchev–Trinajstić information content (AvgIpc) is 3.48. The van der Waals surface area contributed by atoms with Crippen LogP contribution in [0, 0.1) is 0 Å². The van der Waals surface area contributed by atoms with Crippen LogP contribution in [0.4, 0.5) is 0 Å². The van der Waals surface area contributed by atoms with Gasteiger partial charge in [-0.25, -0.2) is 16.8 Å². The summed E-state index contributed by atoms with van der Waals surface area (Å²) in [6.45, 7) is 9.39. The van der Waals surface area contributed by atoms with E-state index in [1.807, 2.05) is 39.8 Å². The fraction of sp³-hybridized carbons (Fsp3) is 0.487. The van der Waals surface area contributed by atoms with E-state index in [9.17, 15) is 16.8 Å². The van der Waals surface area contributed by atoms with Gasteiger partial charge in [0.15, 0.2) is 0 Å². The summed E-state index contributed by atoms with van der Waals surface area (Å²) in [5.41, 5.74) is -0.0436. The largest absolute Gasteiger partial charge is 0.506 e. The first-order valence-corrected chi connectivity index (χ1v) is 29.3. The van der Waals surface area contributed by atoms with Crippen LogP contribution in [0.25, 0.3) is 0 Å². The van der Waals surface area contributed by atoms with Gasteiger partial charge < -0.3 is 28.6 Å². The topological polar surface area (TPSA) is 186 Å². The van der Waals surface area contributed by atoms with Crippen LogP contribution in [0.3, 0.4) is 0 Å². The van der Waals surface area contributed by atoms with E-state index >= 15 is 0 Å². The van der Waals surface area contributed by atoms with Gasteiger partial charge in [0.25, 0.3) is 0 Å². The molecule has 0 aliphatic carbocycles. The molecule has 1 aliphatic rings. The van der Waals surface area contributed by atoms with E-state index in [4.69, 9.17) is 82.8 Å². The Morgan fingerprint density at radius 1 is 0.616 bits per heavy atom. The van der Waals surface area contributed by atoms with E-state index in [0.29, 0.717) is 37.6 Å². The van der Waals surface area contributed by atoms with E-state index < -0.39 is 63.5 Å². The normalized spacial score (nSPS) is 12.7. The molecule has 14 nitrogen and oxygen atoms in total. The van der Waals surface area contributed by atoms with Crippen LogP contribution < -0.4 is 19.7 Å². The van der Waals surface area contributed by atoms with E-state index in [1.165, 1.54) is 25.8 Å². The quantitative estimate of drug-likeness (QED) is 0.0767. The van der Waals surface area contributed by atoms with Crippen molar-refractivity contribution in [2.24, 2.45) is 0 Å². The Bertz CT molecular complexity index is 2350. The molecule has 5 rings (SSSR count). The van der Waals surface area contributed by atoms with Crippen molar-refractivity contribution in [2.45, 2.75) is 73.0 Å². The Labute approximate surface area is 482 Å². The number of nitrogens with zero attached hydrogens (tertiary/aromatic N) is 4. The first-order valence-electron chi connectivity index (χ1n) is 21.7. The second-order valence-electron chi connectivity index (χ2n) is 16.7. The van der Waals surface area contributed by atoms with Gasteiger partial charge in [0.05, 0.1) is 67.3 Å². The first-order chi connectivity index (χ1) is 33.0. The molecular formula is C39H57B14Br4N4O10S2. The van der Waals surface area contributed by atoms with Crippen LogP contribution in [0.15, 0.2) is 87.3 Å². The van der Waals surface area contributed by atoms with Crippen LogP contribution in [0.5, 0.6) is 23.0 Å². The SMILES string of the molecule is BrCCCOc1cncc(Br)c1.C.C.CC1(C)OB(c2cncc(OCCCS(C)(=O)=O)c2)OC1(C)C.CS(=O)(=O)CCCOc1cncc(Br)c1.Oc1cncc(Br)c1.[B][B]B(B([B])[B])B(B([B])[B])B([B])[B]. The highest BCUT2D eigenvalue weighted by Crippen LogP contribution is 2.36. The van der Waals surface area contributed by atoms with Crippen LogP contribution in [-0.2, 0) is 29.0 Å². The molecule has 73 heavy (non-hydrogen) atoms. The lowest BCUT2D eigenvalue weighted by Gasteiger charge is -2.32. The zero-order valence-electron chi connectivity index (χ0n) is 40.6. The zero-order valence-corrected chi connectivity index (χ0v) is 48.6. The Kier molecular flexibility index (Phi) is 37.6. The summed E-state index contributed by atoms with van der Waals surface area (Å²) in [5, 5.41) is 9.69. The highest BCUT2D eigenvalue weighted by Gasteiger charge is 2.52. The minimum atomic E-state index is -2.96. The molecule has 0 aromatic carbocycles. The van der Waals surface area contributed by atoms with Crippen molar-refractivity contribution >= 4 is 189 Å². The molecule has 4 aromatic rings. The average molecular weight is 1280 g/mol. The van der Waals surface area contributed by atoms with Crippen molar-refractivity contribution in [2.75, 3.05) is 49.2 Å². The van der Waals surface area contributed by atoms with Gasteiger partial charge in [-0.15, -0.1) is 0 Å². The number of aromatic nitrogens is 4. The Hall–Kier alpha value is -1.55. The fourth-order valence-corrected chi connectivity index (χ4v) is 8.07. The van der Waals surface area contributed by atoms with Crippen LogP contribution in [0.1, 0.15) is 61.8 Å². The van der Waals surface area contributed by atoms with Crippen molar-refractivity contribution in [3.8, 4) is 23.0 Å². The zero-order chi connectivity index (χ0) is 54.0. The molecule has 15 radical (unpaired) electrons. The molecule has 0 atom stereocenters. The molecule has 34 heteroatoms. The summed E-state index contributed by atoms with van der Waals surface area (Å²) in [6, 6.07) is 7.08. The molecule has 0 unspecified atom stereocenters. The Morgan fingerprint density at radius 3 is 1.29 bits per heavy atom. The molecule has 0 saturated carbocycles. The third-order valence-corrected chi connectivity index (χ3v) is 13.6. The summed E-state index contributed by atoms with van der Waals surface area (Å²) >= 11 is 13.1. The predicted molar refractivity (Wildman–Crippen MR) is 329 cm³/mol. The van der Waals surface area contributed by atoms with Gasteiger partial charge in [-0.2, -0.15) is 0 Å². The molecule has 1 saturated heterocycles. The van der Waals surface area contributed by atoms with Gasteiger partial charge >= 0.3 is 7.12 Å². The van der Waals surface area contributed by atoms with Crippen molar-refractivity contribution in [1.29, 1.82) is 0 Å². The third-order valence-electron chi connectivity index (χ3n) is 9.71. The van der Waals surface area contributed by atoms with Crippen molar-refractivity contribution in [1.82, 2.24) is 19.9 Å². The number of ether oxygens (including phenoxy) is 3. The molecule has 0 bridgehead atoms. The smallest absolute Gasteiger partial charge is 0.496 e. The van der Waals surface area contributed by atoms with E-state index in [0.717, 1.165) is 43.0 Å². The summed E-state index contributed by atoms with van der Waals surface area (Å²) < 4.78 is 74.6. The number of hydrogen-bond donors (Lipinski definition) is 1. The van der Waals surface area contributed by atoms with Crippen molar-refractivity contribution in [3.05, 3.63) is 87.3 Å². The molecule has 1 N–H and O–H groups in total. The van der Waals surface area contributed by atoms with Gasteiger partial charge in [-0.1, -0.05) is 30.8 Å². The maximum absolute atomic E-state index is 11.1. The number of pyridine rings is 4. The minimum absolute atomic E-state index is 0. The molecule has 1 aliphatic heterocycles. The van der Waals surface area contributed by atoms with E-state index in [1.54, 1.807) is 55.5 Å². The molecule has 4 aromatic heterocycles. The van der Waals surface area contributed by atoms with Crippen LogP contribution in [-0.4, -0.2) is 203 Å². The molecule has 1 fully saturated rings. The minimum Gasteiger partial charge on any atom is -0.506 e. The lowest BCUT2D eigenvalue weighted by molar-refractivity contribution is 0.00578. The summed E-state index contributed by atoms with van der Waals surface area (Å²) in [5.74, 6) is 2.46. The maximum Gasteiger partial charge on any atom is 0.496 e. The molecular weight excluding hydrogens is 1220 g/mol. The van der Waals surface area contributed by atoms with Crippen LogP contribution in [0.2, 0.25) is 0 Å². The number of halogens is 4. The first kappa shape index (κ1) is 73.5. The lowest BCUT2D eigenvalue weighted by Crippen LogP contribution is -2.69. The van der Waals surface area contributed by atoms with E-state index in [-0.39, 0.29) is 38.5 Å². The van der Waals surface area contributed by atoms with Gasteiger partial charge in [-0.05, 0) is 119 Å². The highest BCUT2D eigenvalue weighted by atomic mass is 79.9. The van der Waals surface area contributed by atoms with Gasteiger partial charge in [0.2, 0.25) is 0 Å². The molecule has 0 spiro atoms. The molecule has 5 heterocycles. The highest BCUT2D eigenvalue weighted by molar-refractivity contribution is 9.11. The number of alkyl halides is 1. The predicted octanol–water partition coefficient (Wildman–Crippen LogP) is 3.73. The van der Waals surface area contributed by atoms with Gasteiger partial charge in [0, 0.05) is 155 Å². The van der Waals surface area contributed by atoms with Gasteiger partial charge in [-0.3, -0.25) is 19.9 Å². The second-order valence-corrected chi connectivity index (χ2v) is 24.8. The summed E-state index contributed by atoms with van der Waals surface area (Å²) in [4.78, 5) is 15.7. The second kappa shape index (κ2) is 37.3. The van der Waals surface area contributed by atoms with Crippen LogP contribution >= 0.6 is 63.7 Å².